The molecule has 106 valence electrons. The van der Waals surface area contributed by atoms with Crippen molar-refractivity contribution in [3.05, 3.63) is 59.7 Å². The SMILES string of the molecule is CC1C=CC(CC(N)C(=O)OCc2ccccc2)=CC1. The summed E-state index contributed by atoms with van der Waals surface area (Å²) in [4.78, 5) is 11.9. The summed E-state index contributed by atoms with van der Waals surface area (Å²) in [6, 6.07) is 9.02. The minimum Gasteiger partial charge on any atom is -0.460 e. The molecule has 1 aromatic rings. The monoisotopic (exact) mass is 271 g/mol. The Labute approximate surface area is 120 Å². The van der Waals surface area contributed by atoms with Crippen molar-refractivity contribution in [2.45, 2.75) is 32.4 Å². The first-order valence-electron chi connectivity index (χ1n) is 6.98. The van der Waals surface area contributed by atoms with Gasteiger partial charge in [0.25, 0.3) is 0 Å². The van der Waals surface area contributed by atoms with Crippen LogP contribution in [0.5, 0.6) is 0 Å². The number of esters is 1. The first-order valence-corrected chi connectivity index (χ1v) is 6.98. The van der Waals surface area contributed by atoms with Gasteiger partial charge in [-0.05, 0) is 24.3 Å². The van der Waals surface area contributed by atoms with Crippen LogP contribution >= 0.6 is 0 Å². The summed E-state index contributed by atoms with van der Waals surface area (Å²) < 4.78 is 5.24. The van der Waals surface area contributed by atoms with E-state index in [1.165, 1.54) is 0 Å². The van der Waals surface area contributed by atoms with E-state index in [4.69, 9.17) is 10.5 Å². The summed E-state index contributed by atoms with van der Waals surface area (Å²) in [5.41, 5.74) is 7.99. The second-order valence-electron chi connectivity index (χ2n) is 5.26. The van der Waals surface area contributed by atoms with Crippen molar-refractivity contribution in [2.24, 2.45) is 11.7 Å². The normalized spacial score (nSPS) is 19.3. The van der Waals surface area contributed by atoms with Crippen LogP contribution in [0.1, 0.15) is 25.3 Å². The van der Waals surface area contributed by atoms with Crippen LogP contribution in [-0.2, 0) is 16.1 Å². The van der Waals surface area contributed by atoms with E-state index < -0.39 is 6.04 Å². The van der Waals surface area contributed by atoms with Crippen LogP contribution in [-0.4, -0.2) is 12.0 Å². The van der Waals surface area contributed by atoms with Gasteiger partial charge in [0.1, 0.15) is 12.6 Å². The smallest absolute Gasteiger partial charge is 0.323 e. The van der Waals surface area contributed by atoms with Crippen molar-refractivity contribution < 1.29 is 9.53 Å². The lowest BCUT2D eigenvalue weighted by molar-refractivity contribution is -0.146. The largest absolute Gasteiger partial charge is 0.460 e. The molecule has 0 aromatic heterocycles. The van der Waals surface area contributed by atoms with Gasteiger partial charge < -0.3 is 10.5 Å². The number of nitrogens with two attached hydrogens (primary N) is 1. The van der Waals surface area contributed by atoms with Crippen molar-refractivity contribution in [2.75, 3.05) is 0 Å². The third-order valence-electron chi connectivity index (χ3n) is 3.37. The van der Waals surface area contributed by atoms with E-state index in [-0.39, 0.29) is 12.6 Å². The number of hydrogen-bond donors (Lipinski definition) is 1. The van der Waals surface area contributed by atoms with Crippen LogP contribution in [0.4, 0.5) is 0 Å². The fourth-order valence-electron chi connectivity index (χ4n) is 2.10. The topological polar surface area (TPSA) is 52.3 Å². The maximum atomic E-state index is 11.9. The maximum absolute atomic E-state index is 11.9. The van der Waals surface area contributed by atoms with Crippen molar-refractivity contribution in [3.63, 3.8) is 0 Å². The molecule has 0 aliphatic heterocycles. The number of benzene rings is 1. The predicted molar refractivity (Wildman–Crippen MR) is 79.8 cm³/mol. The number of rotatable bonds is 5. The van der Waals surface area contributed by atoms with Gasteiger partial charge in [-0.1, -0.05) is 61.1 Å². The summed E-state index contributed by atoms with van der Waals surface area (Å²) in [5.74, 6) is 0.224. The van der Waals surface area contributed by atoms with Gasteiger partial charge >= 0.3 is 5.97 Å². The summed E-state index contributed by atoms with van der Waals surface area (Å²) in [6.45, 7) is 2.44. The average Bonchev–Trinajstić information content (AvgIpc) is 2.48. The molecule has 2 N–H and O–H groups in total. The molecule has 2 unspecified atom stereocenters. The number of carbonyl (C=O) groups is 1. The molecule has 0 amide bonds. The molecule has 1 aliphatic carbocycles. The Kier molecular flexibility index (Phi) is 5.13. The van der Waals surface area contributed by atoms with E-state index in [0.29, 0.717) is 12.3 Å². The minimum atomic E-state index is -0.594. The standard InChI is InChI=1S/C17H21NO2/c1-13-7-9-14(10-8-13)11-16(18)17(19)20-12-15-5-3-2-4-6-15/h2-7,9-10,13,16H,8,11-12,18H2,1H3. The zero-order valence-electron chi connectivity index (χ0n) is 11.8. The molecule has 1 aliphatic rings. The molecule has 0 saturated carbocycles. The molecule has 2 atom stereocenters. The Bertz CT molecular complexity index is 505. The highest BCUT2D eigenvalue weighted by molar-refractivity contribution is 5.76. The van der Waals surface area contributed by atoms with Gasteiger partial charge in [0.05, 0.1) is 0 Å². The first-order chi connectivity index (χ1) is 9.65. The zero-order valence-corrected chi connectivity index (χ0v) is 11.8. The Morgan fingerprint density at radius 1 is 1.40 bits per heavy atom. The van der Waals surface area contributed by atoms with Gasteiger partial charge in [-0.25, -0.2) is 0 Å². The number of ether oxygens (including phenoxy) is 1. The van der Waals surface area contributed by atoms with E-state index >= 15 is 0 Å². The highest BCUT2D eigenvalue weighted by atomic mass is 16.5. The number of allylic oxidation sites excluding steroid dienone is 3. The molecule has 0 heterocycles. The molecule has 3 heteroatoms. The van der Waals surface area contributed by atoms with E-state index in [1.54, 1.807) is 0 Å². The lowest BCUT2D eigenvalue weighted by Gasteiger charge is -2.15. The van der Waals surface area contributed by atoms with Crippen molar-refractivity contribution in [1.82, 2.24) is 0 Å². The van der Waals surface area contributed by atoms with E-state index in [0.717, 1.165) is 17.6 Å². The van der Waals surface area contributed by atoms with Gasteiger partial charge in [0.15, 0.2) is 0 Å². The van der Waals surface area contributed by atoms with Crippen LogP contribution in [0.3, 0.4) is 0 Å². The third-order valence-corrected chi connectivity index (χ3v) is 3.37. The minimum absolute atomic E-state index is 0.277. The molecule has 0 bridgehead atoms. The van der Waals surface area contributed by atoms with Crippen molar-refractivity contribution >= 4 is 5.97 Å². The van der Waals surface area contributed by atoms with Crippen LogP contribution in [0.15, 0.2) is 54.1 Å². The lowest BCUT2D eigenvalue weighted by Crippen LogP contribution is -2.32. The van der Waals surface area contributed by atoms with Crippen LogP contribution in [0, 0.1) is 5.92 Å². The second-order valence-corrected chi connectivity index (χ2v) is 5.26. The third kappa shape index (κ3) is 4.35. The Hall–Kier alpha value is -1.87. The molecule has 20 heavy (non-hydrogen) atoms. The van der Waals surface area contributed by atoms with Gasteiger partial charge in [-0.2, -0.15) is 0 Å². The lowest BCUT2D eigenvalue weighted by atomic mass is 9.95. The molecule has 0 spiro atoms. The Morgan fingerprint density at radius 3 is 2.80 bits per heavy atom. The Balaban J connectivity index is 1.79. The highest BCUT2D eigenvalue weighted by Crippen LogP contribution is 2.19. The molecular formula is C17H21NO2. The fourth-order valence-corrected chi connectivity index (χ4v) is 2.10. The van der Waals surface area contributed by atoms with Gasteiger partial charge in [0.2, 0.25) is 0 Å². The average molecular weight is 271 g/mol. The summed E-state index contributed by atoms with van der Waals surface area (Å²) in [6.07, 6.45) is 7.90. The molecule has 0 fully saturated rings. The van der Waals surface area contributed by atoms with E-state index in [1.807, 2.05) is 30.3 Å². The summed E-state index contributed by atoms with van der Waals surface area (Å²) >= 11 is 0. The van der Waals surface area contributed by atoms with E-state index in [2.05, 4.69) is 25.2 Å². The molecule has 3 nitrogen and oxygen atoms in total. The molecule has 2 rings (SSSR count). The van der Waals surface area contributed by atoms with Crippen LogP contribution < -0.4 is 5.73 Å². The van der Waals surface area contributed by atoms with Crippen LogP contribution in [0.25, 0.3) is 0 Å². The Morgan fingerprint density at radius 2 is 2.15 bits per heavy atom. The number of hydrogen-bond acceptors (Lipinski definition) is 3. The summed E-state index contributed by atoms with van der Waals surface area (Å²) in [7, 11) is 0. The van der Waals surface area contributed by atoms with E-state index in [9.17, 15) is 4.79 Å². The summed E-state index contributed by atoms with van der Waals surface area (Å²) in [5, 5.41) is 0. The molecule has 0 radical (unpaired) electrons. The molecule has 1 aromatic carbocycles. The predicted octanol–water partition coefficient (Wildman–Crippen LogP) is 2.97. The maximum Gasteiger partial charge on any atom is 0.323 e. The van der Waals surface area contributed by atoms with Gasteiger partial charge in [0, 0.05) is 0 Å². The van der Waals surface area contributed by atoms with Gasteiger partial charge in [-0.15, -0.1) is 0 Å². The fraction of sp³-hybridized carbons (Fsp3) is 0.353. The molecular weight excluding hydrogens is 250 g/mol. The van der Waals surface area contributed by atoms with Gasteiger partial charge in [-0.3, -0.25) is 4.79 Å². The molecule has 0 saturated heterocycles. The van der Waals surface area contributed by atoms with Crippen LogP contribution in [0.2, 0.25) is 0 Å². The number of carbonyl (C=O) groups excluding carboxylic acids is 1. The second kappa shape index (κ2) is 7.06. The van der Waals surface area contributed by atoms with Crippen molar-refractivity contribution in [3.8, 4) is 0 Å². The van der Waals surface area contributed by atoms with Crippen molar-refractivity contribution in [1.29, 1.82) is 0 Å². The first kappa shape index (κ1) is 14.5. The highest BCUT2D eigenvalue weighted by Gasteiger charge is 2.17. The zero-order chi connectivity index (χ0) is 14.4. The quantitative estimate of drug-likeness (QED) is 0.838.